The quantitative estimate of drug-likeness (QED) is 0.676. The number of nitrogens with one attached hydrogen (secondary N) is 1. The molecule has 0 atom stereocenters. The molecule has 2 heterocycles. The zero-order valence-electron chi connectivity index (χ0n) is 15.1. The van der Waals surface area contributed by atoms with Crippen molar-refractivity contribution in [1.82, 2.24) is 10.4 Å². The highest BCUT2D eigenvalue weighted by atomic mass is 35.5. The van der Waals surface area contributed by atoms with Gasteiger partial charge in [-0.3, -0.25) is 10.4 Å². The van der Waals surface area contributed by atoms with Crippen molar-refractivity contribution in [1.29, 1.82) is 0 Å². The molecular formula is C22H19ClN4. The Morgan fingerprint density at radius 2 is 1.74 bits per heavy atom. The SMILES string of the molecule is CC(C)c1ccc2c(c1)C(c1cccc(Cl)c1)=NNC(c1ccncc1)=N2. The van der Waals surface area contributed by atoms with Crippen LogP contribution in [0.25, 0.3) is 0 Å². The molecule has 3 aromatic rings. The molecule has 5 heteroatoms. The van der Waals surface area contributed by atoms with Crippen molar-refractivity contribution in [3.05, 3.63) is 94.3 Å². The van der Waals surface area contributed by atoms with Crippen molar-refractivity contribution >= 4 is 28.8 Å². The maximum atomic E-state index is 6.23. The lowest BCUT2D eigenvalue weighted by Crippen LogP contribution is -2.19. The number of hydrogen-bond acceptors (Lipinski definition) is 4. The summed E-state index contributed by atoms with van der Waals surface area (Å²) in [6, 6.07) is 17.9. The van der Waals surface area contributed by atoms with Crippen LogP contribution < -0.4 is 5.43 Å². The lowest BCUT2D eigenvalue weighted by atomic mass is 9.95. The molecule has 4 rings (SSSR count). The van der Waals surface area contributed by atoms with E-state index in [-0.39, 0.29) is 0 Å². The van der Waals surface area contributed by atoms with Crippen molar-refractivity contribution in [2.24, 2.45) is 10.1 Å². The molecule has 0 spiro atoms. The summed E-state index contributed by atoms with van der Waals surface area (Å²) >= 11 is 6.23. The van der Waals surface area contributed by atoms with E-state index >= 15 is 0 Å². The van der Waals surface area contributed by atoms with Crippen molar-refractivity contribution in [2.45, 2.75) is 19.8 Å². The van der Waals surface area contributed by atoms with E-state index in [1.807, 2.05) is 36.4 Å². The summed E-state index contributed by atoms with van der Waals surface area (Å²) in [6.07, 6.45) is 3.49. The summed E-state index contributed by atoms with van der Waals surface area (Å²) in [5, 5.41) is 5.37. The van der Waals surface area contributed by atoms with Crippen molar-refractivity contribution in [3.8, 4) is 0 Å². The number of hydrogen-bond donors (Lipinski definition) is 1. The van der Waals surface area contributed by atoms with E-state index in [2.05, 4.69) is 42.5 Å². The van der Waals surface area contributed by atoms with Gasteiger partial charge in [-0.15, -0.1) is 0 Å². The number of benzene rings is 2. The molecule has 1 aromatic heterocycles. The lowest BCUT2D eigenvalue weighted by Gasteiger charge is -2.12. The van der Waals surface area contributed by atoms with Gasteiger partial charge >= 0.3 is 0 Å². The molecular weight excluding hydrogens is 356 g/mol. The van der Waals surface area contributed by atoms with Crippen LogP contribution in [0.1, 0.15) is 42.0 Å². The zero-order valence-corrected chi connectivity index (χ0v) is 15.9. The summed E-state index contributed by atoms with van der Waals surface area (Å²) in [4.78, 5) is 8.92. The van der Waals surface area contributed by atoms with E-state index in [0.717, 1.165) is 28.1 Å². The number of fused-ring (bicyclic) bond motifs is 1. The Kier molecular flexibility index (Phi) is 4.73. The van der Waals surface area contributed by atoms with E-state index in [1.54, 1.807) is 12.4 Å². The highest BCUT2D eigenvalue weighted by Crippen LogP contribution is 2.29. The number of nitrogens with zero attached hydrogens (tertiary/aromatic N) is 3. The standard InChI is InChI=1S/C22H19ClN4/c1-14(2)16-6-7-20-19(13-16)21(17-4-3-5-18(23)12-17)26-27-22(25-20)15-8-10-24-11-9-15/h3-14H,1-2H3,(H,25,27). The molecule has 0 radical (unpaired) electrons. The third kappa shape index (κ3) is 3.62. The van der Waals surface area contributed by atoms with Crippen LogP contribution in [0.4, 0.5) is 5.69 Å². The molecule has 27 heavy (non-hydrogen) atoms. The van der Waals surface area contributed by atoms with Gasteiger partial charge < -0.3 is 0 Å². The van der Waals surface area contributed by atoms with E-state index in [0.29, 0.717) is 16.8 Å². The van der Waals surface area contributed by atoms with Gasteiger partial charge in [0.2, 0.25) is 0 Å². The first-order chi connectivity index (χ1) is 13.1. The molecule has 134 valence electrons. The predicted molar refractivity (Wildman–Crippen MR) is 111 cm³/mol. The average molecular weight is 375 g/mol. The van der Waals surface area contributed by atoms with Crippen LogP contribution in [0.15, 0.2) is 77.1 Å². The van der Waals surface area contributed by atoms with Gasteiger partial charge in [-0.1, -0.05) is 43.6 Å². The first-order valence-electron chi connectivity index (χ1n) is 8.85. The van der Waals surface area contributed by atoms with E-state index in [4.69, 9.17) is 21.7 Å². The Balaban J connectivity index is 1.90. The number of aliphatic imine (C=N–C) groups is 1. The Morgan fingerprint density at radius 1 is 0.926 bits per heavy atom. The smallest absolute Gasteiger partial charge is 0.154 e. The minimum atomic E-state index is 0.413. The predicted octanol–water partition coefficient (Wildman–Crippen LogP) is 5.29. The fourth-order valence-electron chi connectivity index (χ4n) is 3.01. The van der Waals surface area contributed by atoms with Gasteiger partial charge in [0.25, 0.3) is 0 Å². The number of hydrazone groups is 1. The van der Waals surface area contributed by atoms with Gasteiger partial charge in [0.1, 0.15) is 5.71 Å². The largest absolute Gasteiger partial charge is 0.265 e. The van der Waals surface area contributed by atoms with Crippen LogP contribution in [0.3, 0.4) is 0 Å². The maximum absolute atomic E-state index is 6.23. The first-order valence-corrected chi connectivity index (χ1v) is 9.22. The van der Waals surface area contributed by atoms with E-state index in [1.165, 1.54) is 5.56 Å². The number of amidine groups is 1. The van der Waals surface area contributed by atoms with Crippen molar-refractivity contribution < 1.29 is 0 Å². The summed E-state index contributed by atoms with van der Waals surface area (Å²) < 4.78 is 0. The number of pyridine rings is 1. The van der Waals surface area contributed by atoms with Crippen LogP contribution in [0.2, 0.25) is 5.02 Å². The molecule has 0 saturated heterocycles. The maximum Gasteiger partial charge on any atom is 0.154 e. The van der Waals surface area contributed by atoms with Crippen LogP contribution in [-0.2, 0) is 0 Å². The molecule has 0 saturated carbocycles. The molecule has 0 unspecified atom stereocenters. The van der Waals surface area contributed by atoms with Crippen LogP contribution in [0.5, 0.6) is 0 Å². The molecule has 1 N–H and O–H groups in total. The summed E-state index contributed by atoms with van der Waals surface area (Å²) in [5.74, 6) is 1.10. The Labute approximate surface area is 163 Å². The molecule has 4 nitrogen and oxygen atoms in total. The van der Waals surface area contributed by atoms with Crippen LogP contribution >= 0.6 is 11.6 Å². The monoisotopic (exact) mass is 374 g/mol. The highest BCUT2D eigenvalue weighted by Gasteiger charge is 2.18. The molecule has 0 bridgehead atoms. The number of halogens is 1. The van der Waals surface area contributed by atoms with Crippen molar-refractivity contribution in [2.75, 3.05) is 0 Å². The third-order valence-corrected chi connectivity index (χ3v) is 4.74. The van der Waals surface area contributed by atoms with E-state index in [9.17, 15) is 0 Å². The first kappa shape index (κ1) is 17.4. The second kappa shape index (κ2) is 7.33. The van der Waals surface area contributed by atoms with Crippen LogP contribution in [0, 0.1) is 0 Å². The molecule has 0 aliphatic carbocycles. The van der Waals surface area contributed by atoms with Gasteiger partial charge in [0.05, 0.1) is 5.69 Å². The van der Waals surface area contributed by atoms with Gasteiger partial charge in [0.15, 0.2) is 5.84 Å². The Hall–Kier alpha value is -2.98. The van der Waals surface area contributed by atoms with Gasteiger partial charge in [-0.2, -0.15) is 5.10 Å². The third-order valence-electron chi connectivity index (χ3n) is 4.50. The minimum Gasteiger partial charge on any atom is -0.265 e. The summed E-state index contributed by atoms with van der Waals surface area (Å²) in [7, 11) is 0. The fraction of sp³-hybridized carbons (Fsp3) is 0.136. The van der Waals surface area contributed by atoms with Crippen LogP contribution in [-0.4, -0.2) is 16.5 Å². The molecule has 0 amide bonds. The molecule has 1 aliphatic rings. The lowest BCUT2D eigenvalue weighted by molar-refractivity contribution is 0.866. The van der Waals surface area contributed by atoms with Gasteiger partial charge in [-0.25, -0.2) is 4.99 Å². The molecule has 2 aromatic carbocycles. The molecule has 1 aliphatic heterocycles. The zero-order chi connectivity index (χ0) is 18.8. The average Bonchev–Trinajstić information content (AvgIpc) is 2.87. The fourth-order valence-corrected chi connectivity index (χ4v) is 3.20. The van der Waals surface area contributed by atoms with Gasteiger partial charge in [0, 0.05) is 34.1 Å². The van der Waals surface area contributed by atoms with Crippen molar-refractivity contribution in [3.63, 3.8) is 0 Å². The molecule has 0 fully saturated rings. The Bertz CT molecular complexity index is 1040. The second-order valence-corrected chi connectivity index (χ2v) is 7.15. The second-order valence-electron chi connectivity index (χ2n) is 6.71. The minimum absolute atomic E-state index is 0.413. The number of rotatable bonds is 3. The summed E-state index contributed by atoms with van der Waals surface area (Å²) in [5.41, 5.74) is 8.93. The highest BCUT2D eigenvalue weighted by molar-refractivity contribution is 6.31. The number of aromatic nitrogens is 1. The van der Waals surface area contributed by atoms with Gasteiger partial charge in [-0.05, 0) is 47.9 Å². The van der Waals surface area contributed by atoms with E-state index < -0.39 is 0 Å². The Morgan fingerprint density at radius 3 is 2.48 bits per heavy atom. The topological polar surface area (TPSA) is 49.6 Å². The normalized spacial score (nSPS) is 13.3. The summed E-state index contributed by atoms with van der Waals surface area (Å²) in [6.45, 7) is 4.36.